The molecule has 31 nitrogen and oxygen atoms in total. The van der Waals surface area contributed by atoms with E-state index in [1.807, 2.05) is 191 Å². The number of ether oxygens (including phenoxy) is 5. The van der Waals surface area contributed by atoms with Crippen LogP contribution in [0.3, 0.4) is 0 Å². The number of nitrogens with zero attached hydrogens (tertiary/aromatic N) is 2. The second kappa shape index (κ2) is 60.0. The predicted molar refractivity (Wildman–Crippen MR) is 532 cm³/mol. The second-order valence-electron chi connectivity index (χ2n) is 34.6. The second-order valence-corrected chi connectivity index (χ2v) is 34.6. The van der Waals surface area contributed by atoms with E-state index in [2.05, 4.69) is 36.6 Å². The van der Waals surface area contributed by atoms with E-state index < -0.39 is 120 Å². The first-order chi connectivity index (χ1) is 66.9. The summed E-state index contributed by atoms with van der Waals surface area (Å²) in [7, 11) is 0. The van der Waals surface area contributed by atoms with Gasteiger partial charge in [-0.25, -0.2) is 14.4 Å². The Morgan fingerprint density at radius 1 is 0.367 bits per heavy atom. The fourth-order valence-corrected chi connectivity index (χ4v) is 15.8. The van der Waals surface area contributed by atoms with Gasteiger partial charge in [-0.2, -0.15) is 0 Å². The van der Waals surface area contributed by atoms with Crippen molar-refractivity contribution in [1.82, 2.24) is 26.6 Å². The number of hydrogen-bond acceptors (Lipinski definition) is 22. The van der Waals surface area contributed by atoms with Gasteiger partial charge in [0.25, 0.3) is 0 Å². The number of unbranched alkanes of at least 4 members (excludes halogenated alkanes) is 2. The van der Waals surface area contributed by atoms with Crippen LogP contribution in [-0.2, 0) is 121 Å². The molecule has 8 atom stereocenters. The summed E-state index contributed by atoms with van der Waals surface area (Å²) < 4.78 is 28.2. The molecule has 9 aromatic carbocycles. The van der Waals surface area contributed by atoms with E-state index >= 15 is 9.59 Å². The van der Waals surface area contributed by atoms with Crippen molar-refractivity contribution in [3.63, 3.8) is 0 Å². The summed E-state index contributed by atoms with van der Waals surface area (Å²) in [6.07, 6.45) is 0.0307. The number of esters is 1. The lowest BCUT2D eigenvalue weighted by Gasteiger charge is -2.26. The van der Waals surface area contributed by atoms with Gasteiger partial charge in [-0.3, -0.25) is 58.5 Å². The zero-order valence-electron chi connectivity index (χ0n) is 79.7. The van der Waals surface area contributed by atoms with Crippen LogP contribution in [0.1, 0.15) is 169 Å². The molecule has 9 aromatic rings. The SMILES string of the molecule is Cc1cc(O)cc(C)c1C[C@H](CC(=O)[C@H](N)CCCN=C(N)N)C(=O)N[C@@H](CCCCN)C(=O)CC(Cc1ccccc1)C(N)=O.Cc1cc(OCc2ccccc2)cc(C)c1C[C@H](CC(=O)C(CCCN=C(CC(=O)OCc1ccccc1)NC(=O)OCc1ccccc1)NC(=O)OCc1ccccc1)C(=O)N[C@@H](CCCCNC(=O)OCc1ccccc1)C(=O)CC(Cc1ccccc1)C(N)=O. The maximum atomic E-state index is 15.3. The van der Waals surface area contributed by atoms with Gasteiger partial charge < -0.3 is 84.5 Å². The number of aliphatic imine (C=N–C) groups is 2. The molecule has 0 aliphatic heterocycles. The number of guanidine groups is 1. The maximum Gasteiger partial charge on any atom is 0.412 e. The number of phenolic OH excluding ortho intramolecular Hbond substituents is 1. The molecule has 18 N–H and O–H groups in total. The van der Waals surface area contributed by atoms with Crippen LogP contribution >= 0.6 is 0 Å². The highest BCUT2D eigenvalue weighted by Crippen LogP contribution is 2.30. The molecule has 738 valence electrons. The van der Waals surface area contributed by atoms with E-state index in [1.165, 1.54) is 0 Å². The summed E-state index contributed by atoms with van der Waals surface area (Å²) >= 11 is 0. The molecule has 0 bridgehead atoms. The molecule has 3 unspecified atom stereocenters. The Bertz CT molecular complexity index is 5380. The third-order valence-corrected chi connectivity index (χ3v) is 23.5. The zero-order chi connectivity index (χ0) is 100. The summed E-state index contributed by atoms with van der Waals surface area (Å²) in [5.74, 6) is -7.81. The highest BCUT2D eigenvalue weighted by molar-refractivity contribution is 6.04. The van der Waals surface area contributed by atoms with Crippen LogP contribution in [0.4, 0.5) is 14.4 Å². The van der Waals surface area contributed by atoms with Gasteiger partial charge >= 0.3 is 24.2 Å². The molecular weight excluding hydrogens is 1770 g/mol. The molecule has 0 radical (unpaired) electrons. The van der Waals surface area contributed by atoms with Crippen molar-refractivity contribution in [2.45, 2.75) is 207 Å². The zero-order valence-corrected chi connectivity index (χ0v) is 79.7. The minimum Gasteiger partial charge on any atom is -0.508 e. The molecule has 7 amide bonds. The fraction of sp³-hybridized carbons (Fsp3) is 0.370. The number of rotatable bonds is 57. The van der Waals surface area contributed by atoms with Crippen LogP contribution in [0.25, 0.3) is 0 Å². The van der Waals surface area contributed by atoms with E-state index in [9.17, 15) is 53.1 Å². The lowest BCUT2D eigenvalue weighted by Crippen LogP contribution is -2.47. The van der Waals surface area contributed by atoms with Gasteiger partial charge in [0.1, 0.15) is 62.6 Å². The lowest BCUT2D eigenvalue weighted by molar-refractivity contribution is -0.143. The molecule has 0 aromatic heterocycles. The Kier molecular flexibility index (Phi) is 47.3. The fourth-order valence-electron chi connectivity index (χ4n) is 15.8. The first-order valence-electron chi connectivity index (χ1n) is 47.0. The van der Waals surface area contributed by atoms with Crippen molar-refractivity contribution in [1.29, 1.82) is 0 Å². The molecular formula is C108H133N13O18. The Balaban J connectivity index is 0.000000431. The molecule has 0 aliphatic carbocycles. The third-order valence-electron chi connectivity index (χ3n) is 23.5. The van der Waals surface area contributed by atoms with Gasteiger partial charge in [0.05, 0.1) is 24.2 Å². The molecule has 0 aliphatic rings. The molecule has 0 saturated heterocycles. The summed E-state index contributed by atoms with van der Waals surface area (Å²) in [5.41, 5.74) is 44.5. The predicted octanol–water partition coefficient (Wildman–Crippen LogP) is 12.8. The van der Waals surface area contributed by atoms with E-state index in [0.29, 0.717) is 82.4 Å². The molecule has 31 heteroatoms. The number of hydrogen-bond donors (Lipinski definition) is 12. The smallest absolute Gasteiger partial charge is 0.412 e. The first kappa shape index (κ1) is 110. The van der Waals surface area contributed by atoms with Crippen LogP contribution in [0.15, 0.2) is 247 Å². The maximum absolute atomic E-state index is 15.3. The number of phenols is 1. The Morgan fingerprint density at radius 2 is 0.719 bits per heavy atom. The van der Waals surface area contributed by atoms with E-state index in [1.54, 1.807) is 72.8 Å². The quantitative estimate of drug-likeness (QED) is 0.00554. The molecule has 0 spiro atoms. The number of amides is 7. The average molecular weight is 1900 g/mol. The highest BCUT2D eigenvalue weighted by Gasteiger charge is 2.36. The minimum atomic E-state index is -1.27. The summed E-state index contributed by atoms with van der Waals surface area (Å²) in [6, 6.07) is 67.1. The number of alkyl carbamates (subject to hydrolysis) is 3. The van der Waals surface area contributed by atoms with Gasteiger partial charge in [0.2, 0.25) is 23.6 Å². The van der Waals surface area contributed by atoms with E-state index in [-0.39, 0.29) is 126 Å². The van der Waals surface area contributed by atoms with Crippen LogP contribution in [0.5, 0.6) is 11.5 Å². The van der Waals surface area contributed by atoms with Gasteiger partial charge in [-0.05, 0) is 221 Å². The van der Waals surface area contributed by atoms with E-state index in [0.717, 1.165) is 66.8 Å². The summed E-state index contributed by atoms with van der Waals surface area (Å²) in [6.45, 7) is 8.45. The Labute approximate surface area is 812 Å². The van der Waals surface area contributed by atoms with Crippen LogP contribution < -0.4 is 65.7 Å². The number of ketones is 4. The van der Waals surface area contributed by atoms with Gasteiger partial charge in [0.15, 0.2) is 23.3 Å². The van der Waals surface area contributed by atoms with Crippen molar-refractivity contribution in [3.05, 3.63) is 309 Å². The number of carbonyl (C=O) groups is 12. The standard InChI is InChI=1S/C74H82N6O13.C34H51N7O5/c1-52-40-62(89-47-55-26-11-4-12-27-55)41-53(2)63(52)43-61(71(85)78-64(66(81)44-60(70(75)84)42-54-24-9-3-10-25-54)36-21-22-38-77-72(86)91-49-57-30-15-6-16-31-57)45-67(82)65(79-73(87)92-50-58-32-17-7-18-33-58)37-23-39-76-68(46-69(83)90-48-56-28-13-5-14-29-56)80-74(88)93-51-59-34-19-8-20-35-59;1-21-15-26(42)16-22(2)27(21)18-25(20-30(43)28(36)11-8-14-40-34(38)39)33(46)41-29(12-6-7-13-35)31(44)19-24(32(37)45)17-23-9-4-3-5-10-23/h3-20,24-35,40-41,60-61,64-65H,21-23,36-39,42-51H2,1-2H3,(H2,75,84)(H,77,86)(H,78,85)(H,79,87)(H,76,80,88);3-5,9-10,15-16,24-25,28-29,42H,6-8,11-14,17-20,35-36H2,1-2H3,(H2,37,45)(H,41,46)(H4,38,39,40)/t60?,61-,64+,65?;24?,25-,28-,29+/m11/s1. The van der Waals surface area contributed by atoms with Gasteiger partial charge in [0, 0.05) is 69.0 Å². The Morgan fingerprint density at radius 3 is 1.14 bits per heavy atom. The van der Waals surface area contributed by atoms with Gasteiger partial charge in [-0.1, -0.05) is 212 Å². The van der Waals surface area contributed by atoms with Crippen LogP contribution in [-0.4, -0.2) is 138 Å². The monoisotopic (exact) mass is 1900 g/mol. The highest BCUT2D eigenvalue weighted by atomic mass is 16.6. The largest absolute Gasteiger partial charge is 0.508 e. The topological polar surface area (TPSA) is 512 Å². The first-order valence-corrected chi connectivity index (χ1v) is 47.0. The number of primary amides is 2. The number of carbonyl (C=O) groups excluding carboxylic acids is 12. The molecule has 9 rings (SSSR count). The van der Waals surface area contributed by atoms with Crippen molar-refractivity contribution in [2.75, 3.05) is 26.2 Å². The van der Waals surface area contributed by atoms with Crippen LogP contribution in [0, 0.1) is 51.4 Å². The van der Waals surface area contributed by atoms with Crippen molar-refractivity contribution < 1.29 is 86.3 Å². The van der Waals surface area contributed by atoms with Crippen molar-refractivity contribution >= 4 is 82.8 Å². The number of Topliss-reactive ketones (excluding diaryl/α,β-unsaturated/α-hetero) is 4. The third kappa shape index (κ3) is 41.4. The summed E-state index contributed by atoms with van der Waals surface area (Å²) in [4.78, 5) is 173. The Hall–Kier alpha value is -14.7. The normalized spacial score (nSPS) is 12.8. The number of nitrogens with two attached hydrogens (primary N) is 6. The molecule has 0 heterocycles. The molecule has 139 heavy (non-hydrogen) atoms. The average Bonchev–Trinajstić information content (AvgIpc) is 0.827. The lowest BCUT2D eigenvalue weighted by atomic mass is 9.86. The van der Waals surface area contributed by atoms with Crippen LogP contribution in [0.2, 0.25) is 0 Å². The number of nitrogens with one attached hydrogen (secondary N) is 5. The molecule has 0 fully saturated rings. The minimum absolute atomic E-state index is 0.00723. The van der Waals surface area contributed by atoms with Crippen molar-refractivity contribution in [2.24, 2.45) is 68.1 Å². The number of amidine groups is 1. The van der Waals surface area contributed by atoms with Gasteiger partial charge in [-0.15, -0.1) is 0 Å². The number of benzene rings is 9. The van der Waals surface area contributed by atoms with E-state index in [4.69, 9.17) is 58.1 Å². The summed E-state index contributed by atoms with van der Waals surface area (Å²) in [5, 5.41) is 24.0. The molecule has 0 saturated carbocycles. The van der Waals surface area contributed by atoms with Crippen molar-refractivity contribution in [3.8, 4) is 11.5 Å². The number of aryl methyl sites for hydroxylation is 4. The number of aromatic hydroxyl groups is 1.